The molecule has 1 aromatic heterocycles. The molecule has 0 saturated heterocycles. The predicted octanol–water partition coefficient (Wildman–Crippen LogP) is 3.81. The summed E-state index contributed by atoms with van der Waals surface area (Å²) in [4.78, 5) is 16.8. The molecule has 2 aromatic rings. The summed E-state index contributed by atoms with van der Waals surface area (Å²) in [6, 6.07) is 8.29. The highest BCUT2D eigenvalue weighted by Crippen LogP contribution is 2.32. The lowest BCUT2D eigenvalue weighted by atomic mass is 9.83. The van der Waals surface area contributed by atoms with Crippen LogP contribution >= 0.6 is 15.9 Å². The quantitative estimate of drug-likeness (QED) is 0.865. The summed E-state index contributed by atoms with van der Waals surface area (Å²) >= 11 is 3.50. The molecule has 2 N–H and O–H groups in total. The van der Waals surface area contributed by atoms with Gasteiger partial charge in [0.1, 0.15) is 0 Å². The highest BCUT2D eigenvalue weighted by Gasteiger charge is 2.25. The Bertz CT molecular complexity index is 740. The molecule has 0 radical (unpaired) electrons. The van der Waals surface area contributed by atoms with Crippen LogP contribution in [-0.2, 0) is 19.9 Å². The molecule has 1 heterocycles. The van der Waals surface area contributed by atoms with E-state index >= 15 is 0 Å². The SMILES string of the molecule is CC.Cn1c(N)nc2c(c1=O)CCCC2Cc1cccc(Br)c1. The number of halogens is 1. The van der Waals surface area contributed by atoms with Crippen molar-refractivity contribution in [2.75, 3.05) is 5.73 Å². The van der Waals surface area contributed by atoms with Gasteiger partial charge in [0.15, 0.2) is 0 Å². The third-order valence-electron chi connectivity index (χ3n) is 4.19. The predicted molar refractivity (Wildman–Crippen MR) is 98.8 cm³/mol. The Morgan fingerprint density at radius 3 is 2.83 bits per heavy atom. The van der Waals surface area contributed by atoms with Gasteiger partial charge in [0.05, 0.1) is 5.69 Å². The number of hydrogen-bond donors (Lipinski definition) is 1. The van der Waals surface area contributed by atoms with Gasteiger partial charge in [-0.15, -0.1) is 0 Å². The van der Waals surface area contributed by atoms with E-state index in [-0.39, 0.29) is 11.5 Å². The van der Waals surface area contributed by atoms with Gasteiger partial charge in [0, 0.05) is 23.0 Å². The van der Waals surface area contributed by atoms with Gasteiger partial charge in [-0.3, -0.25) is 9.36 Å². The maximum atomic E-state index is 12.3. The Kier molecular flexibility index (Phi) is 5.99. The van der Waals surface area contributed by atoms with E-state index in [2.05, 4.69) is 33.0 Å². The number of fused-ring (bicyclic) bond motifs is 1. The molecule has 0 spiro atoms. The smallest absolute Gasteiger partial charge is 0.258 e. The summed E-state index contributed by atoms with van der Waals surface area (Å²) in [5.74, 6) is 0.583. The fourth-order valence-corrected chi connectivity index (χ4v) is 3.51. The molecule has 0 saturated carbocycles. The van der Waals surface area contributed by atoms with E-state index in [1.54, 1.807) is 7.05 Å². The van der Waals surface area contributed by atoms with Gasteiger partial charge in [-0.25, -0.2) is 4.98 Å². The maximum absolute atomic E-state index is 12.3. The van der Waals surface area contributed by atoms with Crippen LogP contribution in [0, 0.1) is 0 Å². The number of nitrogens with two attached hydrogens (primary N) is 1. The lowest BCUT2D eigenvalue weighted by Crippen LogP contribution is -2.30. The number of nitrogen functional groups attached to an aromatic ring is 1. The van der Waals surface area contributed by atoms with Crippen LogP contribution in [0.15, 0.2) is 33.5 Å². The molecule has 0 amide bonds. The first-order valence-electron chi connectivity index (χ1n) is 8.16. The van der Waals surface area contributed by atoms with Gasteiger partial charge in [-0.2, -0.15) is 0 Å². The van der Waals surface area contributed by atoms with E-state index in [0.29, 0.717) is 5.95 Å². The molecule has 3 rings (SSSR count). The number of aromatic nitrogens is 2. The first-order valence-corrected chi connectivity index (χ1v) is 8.95. The van der Waals surface area contributed by atoms with Crippen molar-refractivity contribution in [3.63, 3.8) is 0 Å². The molecular weight excluding hydrogens is 354 g/mol. The number of rotatable bonds is 2. The molecule has 0 fully saturated rings. The summed E-state index contributed by atoms with van der Waals surface area (Å²) in [6.07, 6.45) is 3.79. The Hall–Kier alpha value is -1.62. The molecule has 1 unspecified atom stereocenters. The molecule has 4 nitrogen and oxygen atoms in total. The second kappa shape index (κ2) is 7.77. The van der Waals surface area contributed by atoms with Gasteiger partial charge < -0.3 is 5.73 Å². The molecular formula is C18H24BrN3O. The van der Waals surface area contributed by atoms with Crippen LogP contribution in [-0.4, -0.2) is 9.55 Å². The van der Waals surface area contributed by atoms with Crippen molar-refractivity contribution >= 4 is 21.9 Å². The van der Waals surface area contributed by atoms with Gasteiger partial charge in [0.25, 0.3) is 5.56 Å². The summed E-state index contributed by atoms with van der Waals surface area (Å²) in [5.41, 5.74) is 8.88. The lowest BCUT2D eigenvalue weighted by molar-refractivity contribution is 0.525. The largest absolute Gasteiger partial charge is 0.369 e. The van der Waals surface area contributed by atoms with Crippen LogP contribution in [0.4, 0.5) is 5.95 Å². The van der Waals surface area contributed by atoms with Crippen molar-refractivity contribution in [1.29, 1.82) is 0 Å². The van der Waals surface area contributed by atoms with Crippen molar-refractivity contribution in [3.05, 3.63) is 55.9 Å². The zero-order valence-electron chi connectivity index (χ0n) is 14.0. The second-order valence-electron chi connectivity index (χ2n) is 5.62. The van der Waals surface area contributed by atoms with Crippen molar-refractivity contribution < 1.29 is 0 Å². The summed E-state index contributed by atoms with van der Waals surface area (Å²) < 4.78 is 2.52. The summed E-state index contributed by atoms with van der Waals surface area (Å²) in [6.45, 7) is 4.00. The minimum Gasteiger partial charge on any atom is -0.369 e. The first-order chi connectivity index (χ1) is 11.1. The van der Waals surface area contributed by atoms with E-state index < -0.39 is 0 Å². The highest BCUT2D eigenvalue weighted by molar-refractivity contribution is 9.10. The minimum absolute atomic E-state index is 0.0106. The van der Waals surface area contributed by atoms with Crippen molar-refractivity contribution in [2.45, 2.75) is 45.4 Å². The highest BCUT2D eigenvalue weighted by atomic mass is 79.9. The Balaban J connectivity index is 0.000000924. The molecule has 1 aliphatic carbocycles. The van der Waals surface area contributed by atoms with E-state index in [9.17, 15) is 4.79 Å². The average Bonchev–Trinajstić information content (AvgIpc) is 2.56. The Morgan fingerprint density at radius 2 is 2.13 bits per heavy atom. The van der Waals surface area contributed by atoms with E-state index in [1.807, 2.05) is 26.0 Å². The second-order valence-corrected chi connectivity index (χ2v) is 6.54. The van der Waals surface area contributed by atoms with Crippen LogP contribution in [0.5, 0.6) is 0 Å². The van der Waals surface area contributed by atoms with Crippen molar-refractivity contribution in [3.8, 4) is 0 Å². The van der Waals surface area contributed by atoms with E-state index in [4.69, 9.17) is 5.73 Å². The molecule has 1 aromatic carbocycles. The molecule has 0 aliphatic heterocycles. The zero-order chi connectivity index (χ0) is 17.0. The summed E-state index contributed by atoms with van der Waals surface area (Å²) in [5, 5.41) is 0. The minimum atomic E-state index is 0.0106. The fraction of sp³-hybridized carbons (Fsp3) is 0.444. The zero-order valence-corrected chi connectivity index (χ0v) is 15.6. The number of hydrogen-bond acceptors (Lipinski definition) is 3. The molecule has 5 heteroatoms. The van der Waals surface area contributed by atoms with Crippen LogP contribution in [0.3, 0.4) is 0 Å². The molecule has 1 atom stereocenters. The maximum Gasteiger partial charge on any atom is 0.258 e. The molecule has 0 bridgehead atoms. The lowest BCUT2D eigenvalue weighted by Gasteiger charge is -2.25. The normalized spacial score (nSPS) is 16.3. The van der Waals surface area contributed by atoms with Crippen LogP contribution in [0.25, 0.3) is 0 Å². The third kappa shape index (κ3) is 3.83. The van der Waals surface area contributed by atoms with Crippen LogP contribution < -0.4 is 11.3 Å². The Morgan fingerprint density at radius 1 is 1.39 bits per heavy atom. The van der Waals surface area contributed by atoms with Crippen LogP contribution in [0.1, 0.15) is 49.4 Å². The van der Waals surface area contributed by atoms with Crippen molar-refractivity contribution in [2.24, 2.45) is 7.05 Å². The molecule has 1 aliphatic rings. The number of benzene rings is 1. The van der Waals surface area contributed by atoms with Gasteiger partial charge >= 0.3 is 0 Å². The van der Waals surface area contributed by atoms with E-state index in [0.717, 1.165) is 41.4 Å². The molecule has 124 valence electrons. The standard InChI is InChI=1S/C16H18BrN3O.C2H6/c1-20-15(21)13-7-3-5-11(14(13)19-16(20)18)8-10-4-2-6-12(17)9-10;1-2/h2,4,6,9,11H,3,5,7-8H2,1H3,(H2,18,19);1-2H3. The number of nitrogens with zero attached hydrogens (tertiary/aromatic N) is 2. The Labute approximate surface area is 145 Å². The number of anilines is 1. The van der Waals surface area contributed by atoms with Gasteiger partial charge in [-0.05, 0) is 43.4 Å². The fourth-order valence-electron chi connectivity index (χ4n) is 3.06. The van der Waals surface area contributed by atoms with Gasteiger partial charge in [0.2, 0.25) is 5.95 Å². The monoisotopic (exact) mass is 377 g/mol. The first kappa shape index (κ1) is 17.7. The average molecular weight is 378 g/mol. The summed E-state index contributed by atoms with van der Waals surface area (Å²) in [7, 11) is 1.68. The van der Waals surface area contributed by atoms with Crippen LogP contribution in [0.2, 0.25) is 0 Å². The van der Waals surface area contributed by atoms with E-state index in [1.165, 1.54) is 10.1 Å². The van der Waals surface area contributed by atoms with Crippen molar-refractivity contribution in [1.82, 2.24) is 9.55 Å². The van der Waals surface area contributed by atoms with Gasteiger partial charge in [-0.1, -0.05) is 41.9 Å². The molecule has 23 heavy (non-hydrogen) atoms. The topological polar surface area (TPSA) is 60.9 Å². The third-order valence-corrected chi connectivity index (χ3v) is 4.68.